The lowest BCUT2D eigenvalue weighted by Gasteiger charge is -2.45. The number of esters is 1. The minimum Gasteiger partial charge on any atom is -0.426 e. The molecule has 5 rings (SSSR count). The normalized spacial score (nSPS) is 22.0. The quantitative estimate of drug-likeness (QED) is 0.483. The topological polar surface area (TPSA) is 96.0 Å². The monoisotopic (exact) mass is 503 g/mol. The first-order valence-corrected chi connectivity index (χ1v) is 12.9. The SMILES string of the molecule is CC(C)C[C@@H]1C(=O)N[C@H](C2Cc3ccccc3C2)C(=O)N1[C@@H](C(=O)N(C)C)c1ccc2c(c1)CC(=O)O2. The number of carbonyl (C=O) groups excluding carboxylic acids is 4. The van der Waals surface area contributed by atoms with Crippen molar-refractivity contribution in [3.05, 3.63) is 64.7 Å². The second-order valence-corrected chi connectivity index (χ2v) is 11.0. The van der Waals surface area contributed by atoms with Gasteiger partial charge in [0.05, 0.1) is 6.42 Å². The van der Waals surface area contributed by atoms with Crippen molar-refractivity contribution in [1.82, 2.24) is 15.1 Å². The number of amides is 3. The molecule has 1 fully saturated rings. The summed E-state index contributed by atoms with van der Waals surface area (Å²) in [6, 6.07) is 10.8. The Morgan fingerprint density at radius 1 is 1.05 bits per heavy atom. The van der Waals surface area contributed by atoms with Crippen LogP contribution in [-0.2, 0) is 38.4 Å². The van der Waals surface area contributed by atoms with Crippen molar-refractivity contribution in [2.75, 3.05) is 14.1 Å². The zero-order valence-corrected chi connectivity index (χ0v) is 21.7. The molecule has 37 heavy (non-hydrogen) atoms. The molecule has 8 nitrogen and oxygen atoms in total. The Balaban J connectivity index is 1.56. The molecule has 3 aliphatic rings. The zero-order valence-electron chi connectivity index (χ0n) is 21.7. The van der Waals surface area contributed by atoms with Crippen molar-refractivity contribution in [3.8, 4) is 5.75 Å². The van der Waals surface area contributed by atoms with Gasteiger partial charge >= 0.3 is 5.97 Å². The van der Waals surface area contributed by atoms with E-state index in [4.69, 9.17) is 4.74 Å². The molecular formula is C29H33N3O5. The number of carbonyl (C=O) groups is 4. The van der Waals surface area contributed by atoms with Crippen LogP contribution in [0.5, 0.6) is 5.75 Å². The van der Waals surface area contributed by atoms with Gasteiger partial charge in [-0.3, -0.25) is 19.2 Å². The van der Waals surface area contributed by atoms with Gasteiger partial charge in [0.25, 0.3) is 0 Å². The fourth-order valence-corrected chi connectivity index (χ4v) is 5.86. The lowest BCUT2D eigenvalue weighted by Crippen LogP contribution is -2.67. The molecule has 0 aromatic heterocycles. The van der Waals surface area contributed by atoms with Crippen molar-refractivity contribution in [1.29, 1.82) is 0 Å². The number of likely N-dealkylation sites (N-methyl/N-ethyl adjacent to an activating group) is 1. The highest BCUT2D eigenvalue weighted by Crippen LogP contribution is 2.37. The van der Waals surface area contributed by atoms with E-state index in [0.717, 1.165) is 0 Å². The third-order valence-electron chi connectivity index (χ3n) is 7.62. The number of piperazine rings is 1. The van der Waals surface area contributed by atoms with Gasteiger partial charge in [-0.15, -0.1) is 0 Å². The molecule has 3 amide bonds. The average Bonchev–Trinajstić information content (AvgIpc) is 3.44. The summed E-state index contributed by atoms with van der Waals surface area (Å²) in [5, 5.41) is 3.03. The van der Waals surface area contributed by atoms with Gasteiger partial charge in [-0.25, -0.2) is 0 Å². The summed E-state index contributed by atoms with van der Waals surface area (Å²) >= 11 is 0. The van der Waals surface area contributed by atoms with Crippen LogP contribution in [0.1, 0.15) is 48.6 Å². The van der Waals surface area contributed by atoms with Crippen molar-refractivity contribution in [2.24, 2.45) is 11.8 Å². The van der Waals surface area contributed by atoms with E-state index < -0.39 is 18.1 Å². The van der Waals surface area contributed by atoms with Gasteiger partial charge in [-0.1, -0.05) is 44.2 Å². The number of nitrogens with zero attached hydrogens (tertiary/aromatic N) is 2. The molecule has 0 saturated carbocycles. The van der Waals surface area contributed by atoms with Crippen molar-refractivity contribution in [2.45, 2.75) is 57.7 Å². The number of fused-ring (bicyclic) bond motifs is 2. The molecule has 0 bridgehead atoms. The highest BCUT2D eigenvalue weighted by atomic mass is 16.5. The van der Waals surface area contributed by atoms with E-state index in [2.05, 4.69) is 17.4 Å². The van der Waals surface area contributed by atoms with Gasteiger partial charge in [0.1, 0.15) is 23.9 Å². The number of rotatable bonds is 6. The standard InChI is InChI=1S/C29H33N3O5/c1-16(2)11-22-27(34)30-25(21-12-17-7-5-6-8-18(17)13-21)28(35)32(22)26(29(36)31(3)4)19-9-10-23-20(14-19)15-24(33)37-23/h5-10,14,16,21-22,25-26H,11-13,15H2,1-4H3,(H,30,34)/t22-,25-,26-/m1/s1. The number of hydrogen-bond donors (Lipinski definition) is 1. The largest absolute Gasteiger partial charge is 0.426 e. The molecule has 2 aromatic carbocycles. The molecule has 0 spiro atoms. The van der Waals surface area contributed by atoms with E-state index in [1.807, 2.05) is 26.0 Å². The summed E-state index contributed by atoms with van der Waals surface area (Å²) in [5.74, 6) is -0.614. The van der Waals surface area contributed by atoms with Gasteiger partial charge in [-0.2, -0.15) is 0 Å². The minimum atomic E-state index is -0.996. The summed E-state index contributed by atoms with van der Waals surface area (Å²) in [6.07, 6.45) is 1.93. The Kier molecular flexibility index (Phi) is 6.52. The van der Waals surface area contributed by atoms with E-state index in [1.54, 1.807) is 32.3 Å². The van der Waals surface area contributed by atoms with Crippen LogP contribution in [0.3, 0.4) is 0 Å². The van der Waals surface area contributed by atoms with Crippen molar-refractivity contribution < 1.29 is 23.9 Å². The number of ether oxygens (including phenoxy) is 1. The van der Waals surface area contributed by atoms with Gasteiger partial charge in [0.15, 0.2) is 0 Å². The predicted molar refractivity (Wildman–Crippen MR) is 137 cm³/mol. The Morgan fingerprint density at radius 3 is 2.35 bits per heavy atom. The zero-order chi connectivity index (χ0) is 26.4. The third kappa shape index (κ3) is 4.61. The maximum Gasteiger partial charge on any atom is 0.315 e. The highest BCUT2D eigenvalue weighted by Gasteiger charge is 2.49. The smallest absolute Gasteiger partial charge is 0.315 e. The molecule has 194 valence electrons. The molecule has 0 unspecified atom stereocenters. The van der Waals surface area contributed by atoms with Crippen LogP contribution in [0.4, 0.5) is 0 Å². The van der Waals surface area contributed by atoms with E-state index in [-0.39, 0.29) is 41.9 Å². The van der Waals surface area contributed by atoms with Crippen LogP contribution >= 0.6 is 0 Å². The molecule has 2 heterocycles. The first-order valence-electron chi connectivity index (χ1n) is 12.9. The highest BCUT2D eigenvalue weighted by molar-refractivity contribution is 6.00. The molecule has 2 aliphatic heterocycles. The average molecular weight is 504 g/mol. The van der Waals surface area contributed by atoms with Crippen LogP contribution in [0.15, 0.2) is 42.5 Å². The molecule has 1 aliphatic carbocycles. The predicted octanol–water partition coefficient (Wildman–Crippen LogP) is 2.43. The number of benzene rings is 2. The first kappa shape index (κ1) is 25.0. The second-order valence-electron chi connectivity index (χ2n) is 11.0. The summed E-state index contributed by atoms with van der Waals surface area (Å²) in [7, 11) is 3.29. The Bertz CT molecular complexity index is 1240. The van der Waals surface area contributed by atoms with Gasteiger partial charge in [0, 0.05) is 19.7 Å². The van der Waals surface area contributed by atoms with Gasteiger partial charge < -0.3 is 19.9 Å². The Hall–Kier alpha value is -3.68. The van der Waals surface area contributed by atoms with Gasteiger partial charge in [0.2, 0.25) is 17.7 Å². The van der Waals surface area contributed by atoms with Crippen LogP contribution < -0.4 is 10.1 Å². The minimum absolute atomic E-state index is 0.0856. The maximum atomic E-state index is 14.3. The molecule has 8 heteroatoms. The lowest BCUT2D eigenvalue weighted by atomic mass is 9.87. The van der Waals surface area contributed by atoms with Crippen LogP contribution in [-0.4, -0.2) is 59.7 Å². The van der Waals surface area contributed by atoms with Crippen LogP contribution in [0.25, 0.3) is 0 Å². The number of nitrogens with one attached hydrogen (secondary N) is 1. The molecule has 1 saturated heterocycles. The lowest BCUT2D eigenvalue weighted by molar-refractivity contribution is -0.159. The van der Waals surface area contributed by atoms with E-state index >= 15 is 0 Å². The summed E-state index contributed by atoms with van der Waals surface area (Å²) in [4.78, 5) is 56.4. The third-order valence-corrected chi connectivity index (χ3v) is 7.62. The Labute approximate surface area is 217 Å². The summed E-state index contributed by atoms with van der Waals surface area (Å²) < 4.78 is 5.24. The molecular weight excluding hydrogens is 470 g/mol. The fourth-order valence-electron chi connectivity index (χ4n) is 5.86. The molecule has 0 radical (unpaired) electrons. The van der Waals surface area contributed by atoms with E-state index in [0.29, 0.717) is 36.1 Å². The molecule has 1 N–H and O–H groups in total. The molecule has 3 atom stereocenters. The Morgan fingerprint density at radius 2 is 1.73 bits per heavy atom. The van der Waals surface area contributed by atoms with Gasteiger partial charge in [-0.05, 0) is 59.9 Å². The van der Waals surface area contributed by atoms with Crippen LogP contribution in [0.2, 0.25) is 0 Å². The molecule has 2 aromatic rings. The van der Waals surface area contributed by atoms with Crippen molar-refractivity contribution in [3.63, 3.8) is 0 Å². The van der Waals surface area contributed by atoms with E-state index in [9.17, 15) is 19.2 Å². The first-order chi connectivity index (χ1) is 17.6. The summed E-state index contributed by atoms with van der Waals surface area (Å²) in [5.41, 5.74) is 3.63. The van der Waals surface area contributed by atoms with E-state index in [1.165, 1.54) is 20.9 Å². The maximum absolute atomic E-state index is 14.3. The fraction of sp³-hybridized carbons (Fsp3) is 0.448. The number of hydrogen-bond acceptors (Lipinski definition) is 5. The van der Waals surface area contributed by atoms with Crippen LogP contribution in [0, 0.1) is 11.8 Å². The van der Waals surface area contributed by atoms with Crippen molar-refractivity contribution >= 4 is 23.7 Å². The second kappa shape index (κ2) is 9.65. The summed E-state index contributed by atoms with van der Waals surface area (Å²) in [6.45, 7) is 3.99.